The van der Waals surface area contributed by atoms with Gasteiger partial charge in [-0.25, -0.2) is 0 Å². The highest BCUT2D eigenvalue weighted by molar-refractivity contribution is 6.35. The molecule has 17 heavy (non-hydrogen) atoms. The monoisotopic (exact) mass is 246 g/mol. The van der Waals surface area contributed by atoms with Crippen molar-refractivity contribution in [3.05, 3.63) is 48.1 Å². The van der Waals surface area contributed by atoms with E-state index in [1.54, 1.807) is 6.20 Å². The Morgan fingerprint density at radius 2 is 2.24 bits per heavy atom. The van der Waals surface area contributed by atoms with Gasteiger partial charge in [-0.05, 0) is 37.1 Å². The smallest absolute Gasteiger partial charge is 0.0948 e. The maximum Gasteiger partial charge on any atom is 0.0948 e. The molecule has 0 aliphatic rings. The van der Waals surface area contributed by atoms with Gasteiger partial charge in [0.15, 0.2) is 0 Å². The maximum absolute atomic E-state index is 6.13. The Labute approximate surface area is 106 Å². The first-order valence-corrected chi connectivity index (χ1v) is 6.08. The molecule has 0 aliphatic carbocycles. The van der Waals surface area contributed by atoms with Gasteiger partial charge >= 0.3 is 0 Å². The SMILES string of the molecule is C=CCCCNc1ccc(Cl)c2cccnc12. The molecule has 0 fully saturated rings. The molecule has 3 heteroatoms. The average Bonchev–Trinajstić information content (AvgIpc) is 2.37. The summed E-state index contributed by atoms with van der Waals surface area (Å²) in [7, 11) is 0. The van der Waals surface area contributed by atoms with E-state index in [1.807, 2.05) is 30.3 Å². The van der Waals surface area contributed by atoms with Crippen LogP contribution in [-0.4, -0.2) is 11.5 Å². The molecule has 0 spiro atoms. The van der Waals surface area contributed by atoms with Crippen molar-refractivity contribution in [2.45, 2.75) is 12.8 Å². The summed E-state index contributed by atoms with van der Waals surface area (Å²) in [4.78, 5) is 4.37. The van der Waals surface area contributed by atoms with E-state index in [0.29, 0.717) is 0 Å². The summed E-state index contributed by atoms with van der Waals surface area (Å²) in [5.74, 6) is 0. The standard InChI is InChI=1S/C14H15ClN2/c1-2-3-4-9-16-13-8-7-12(15)11-6-5-10-17-14(11)13/h2,5-8,10,16H,1,3-4,9H2. The fourth-order valence-electron chi connectivity index (χ4n) is 1.75. The van der Waals surface area contributed by atoms with Gasteiger partial charge in [0, 0.05) is 18.1 Å². The second-order valence-electron chi connectivity index (χ2n) is 3.85. The highest BCUT2D eigenvalue weighted by Crippen LogP contribution is 2.27. The van der Waals surface area contributed by atoms with Gasteiger partial charge in [0.05, 0.1) is 16.2 Å². The number of nitrogens with zero attached hydrogens (tertiary/aromatic N) is 1. The number of hydrogen-bond acceptors (Lipinski definition) is 2. The number of anilines is 1. The third-order valence-corrected chi connectivity index (χ3v) is 2.95. The van der Waals surface area contributed by atoms with Crippen LogP contribution in [0.2, 0.25) is 5.02 Å². The summed E-state index contributed by atoms with van der Waals surface area (Å²) in [5.41, 5.74) is 1.97. The van der Waals surface area contributed by atoms with Crippen molar-refractivity contribution in [3.8, 4) is 0 Å². The molecule has 0 bridgehead atoms. The van der Waals surface area contributed by atoms with Crippen molar-refractivity contribution in [1.82, 2.24) is 4.98 Å². The quantitative estimate of drug-likeness (QED) is 0.630. The molecule has 0 unspecified atom stereocenters. The summed E-state index contributed by atoms with van der Waals surface area (Å²) in [6.45, 7) is 4.63. The summed E-state index contributed by atoms with van der Waals surface area (Å²) in [5, 5.41) is 5.11. The first-order chi connectivity index (χ1) is 8.33. The molecule has 1 aromatic heterocycles. The van der Waals surface area contributed by atoms with Crippen molar-refractivity contribution in [2.24, 2.45) is 0 Å². The number of benzene rings is 1. The summed E-state index contributed by atoms with van der Waals surface area (Å²) < 4.78 is 0. The fraction of sp³-hybridized carbons (Fsp3) is 0.214. The van der Waals surface area contributed by atoms with Gasteiger partial charge in [0.25, 0.3) is 0 Å². The second-order valence-corrected chi connectivity index (χ2v) is 4.26. The van der Waals surface area contributed by atoms with E-state index in [2.05, 4.69) is 16.9 Å². The molecule has 1 aromatic carbocycles. The lowest BCUT2D eigenvalue weighted by atomic mass is 10.2. The van der Waals surface area contributed by atoms with Crippen molar-refractivity contribution in [1.29, 1.82) is 0 Å². The van der Waals surface area contributed by atoms with E-state index in [1.165, 1.54) is 0 Å². The maximum atomic E-state index is 6.13. The average molecular weight is 247 g/mol. The Hall–Kier alpha value is -1.54. The molecular formula is C14H15ClN2. The number of halogens is 1. The Bertz CT molecular complexity index is 523. The van der Waals surface area contributed by atoms with E-state index in [4.69, 9.17) is 11.6 Å². The van der Waals surface area contributed by atoms with Gasteiger partial charge in [-0.2, -0.15) is 0 Å². The van der Waals surface area contributed by atoms with Gasteiger partial charge in [0.2, 0.25) is 0 Å². The third-order valence-electron chi connectivity index (χ3n) is 2.62. The molecule has 2 aromatic rings. The van der Waals surface area contributed by atoms with Gasteiger partial charge in [0.1, 0.15) is 0 Å². The van der Waals surface area contributed by atoms with Crippen LogP contribution in [0.15, 0.2) is 43.1 Å². The minimum absolute atomic E-state index is 0.741. The first-order valence-electron chi connectivity index (χ1n) is 5.71. The summed E-state index contributed by atoms with van der Waals surface area (Å²) in [6.07, 6.45) is 5.81. The fourth-order valence-corrected chi connectivity index (χ4v) is 1.97. The van der Waals surface area contributed by atoms with Crippen LogP contribution < -0.4 is 5.32 Å². The number of hydrogen-bond donors (Lipinski definition) is 1. The zero-order valence-electron chi connectivity index (χ0n) is 9.62. The lowest BCUT2D eigenvalue weighted by molar-refractivity contribution is 0.891. The number of rotatable bonds is 5. The number of allylic oxidation sites excluding steroid dienone is 1. The van der Waals surface area contributed by atoms with Gasteiger partial charge < -0.3 is 5.32 Å². The molecule has 0 aliphatic heterocycles. The van der Waals surface area contributed by atoms with Crippen LogP contribution in [0.25, 0.3) is 10.9 Å². The predicted octanol–water partition coefficient (Wildman–Crippen LogP) is 4.27. The van der Waals surface area contributed by atoms with Crippen LogP contribution in [0.3, 0.4) is 0 Å². The lowest BCUT2D eigenvalue weighted by Crippen LogP contribution is -2.02. The molecular weight excluding hydrogens is 232 g/mol. The number of nitrogens with one attached hydrogen (secondary N) is 1. The Morgan fingerprint density at radius 3 is 3.06 bits per heavy atom. The first kappa shape index (κ1) is 11.9. The van der Waals surface area contributed by atoms with E-state index >= 15 is 0 Å². The molecule has 0 radical (unpaired) electrons. The van der Waals surface area contributed by atoms with Gasteiger partial charge in [-0.3, -0.25) is 4.98 Å². The zero-order valence-corrected chi connectivity index (χ0v) is 10.4. The number of fused-ring (bicyclic) bond motifs is 1. The van der Waals surface area contributed by atoms with Gasteiger partial charge in [-0.1, -0.05) is 17.7 Å². The Morgan fingerprint density at radius 1 is 1.35 bits per heavy atom. The van der Waals surface area contributed by atoms with Crippen molar-refractivity contribution >= 4 is 28.2 Å². The van der Waals surface area contributed by atoms with E-state index in [9.17, 15) is 0 Å². The minimum Gasteiger partial charge on any atom is -0.383 e. The molecule has 0 atom stereocenters. The molecule has 0 amide bonds. The predicted molar refractivity (Wildman–Crippen MR) is 74.7 cm³/mol. The Kier molecular flexibility index (Phi) is 3.99. The van der Waals surface area contributed by atoms with E-state index in [-0.39, 0.29) is 0 Å². The van der Waals surface area contributed by atoms with Crippen LogP contribution >= 0.6 is 11.6 Å². The molecule has 0 saturated heterocycles. The normalized spacial score (nSPS) is 10.4. The molecule has 2 nitrogen and oxygen atoms in total. The largest absolute Gasteiger partial charge is 0.383 e. The molecule has 0 saturated carbocycles. The van der Waals surface area contributed by atoms with Crippen molar-refractivity contribution < 1.29 is 0 Å². The summed E-state index contributed by atoms with van der Waals surface area (Å²) >= 11 is 6.13. The van der Waals surface area contributed by atoms with Crippen LogP contribution in [0.1, 0.15) is 12.8 Å². The van der Waals surface area contributed by atoms with Crippen LogP contribution in [0.5, 0.6) is 0 Å². The molecule has 1 heterocycles. The van der Waals surface area contributed by atoms with Crippen molar-refractivity contribution in [2.75, 3.05) is 11.9 Å². The van der Waals surface area contributed by atoms with E-state index < -0.39 is 0 Å². The zero-order chi connectivity index (χ0) is 12.1. The van der Waals surface area contributed by atoms with Crippen LogP contribution in [0, 0.1) is 0 Å². The molecule has 1 N–H and O–H groups in total. The highest BCUT2D eigenvalue weighted by atomic mass is 35.5. The topological polar surface area (TPSA) is 24.9 Å². The minimum atomic E-state index is 0.741. The summed E-state index contributed by atoms with van der Waals surface area (Å²) in [6, 6.07) is 7.77. The van der Waals surface area contributed by atoms with Crippen LogP contribution in [-0.2, 0) is 0 Å². The molecule has 2 rings (SSSR count). The second kappa shape index (κ2) is 5.69. The number of pyridine rings is 1. The third kappa shape index (κ3) is 2.77. The van der Waals surface area contributed by atoms with E-state index in [0.717, 1.165) is 41.0 Å². The van der Waals surface area contributed by atoms with Crippen molar-refractivity contribution in [3.63, 3.8) is 0 Å². The lowest BCUT2D eigenvalue weighted by Gasteiger charge is -2.09. The van der Waals surface area contributed by atoms with Crippen LogP contribution in [0.4, 0.5) is 5.69 Å². The molecule has 88 valence electrons. The van der Waals surface area contributed by atoms with Gasteiger partial charge in [-0.15, -0.1) is 6.58 Å². The Balaban J connectivity index is 2.22. The number of unbranched alkanes of at least 4 members (excludes halogenated alkanes) is 1. The highest BCUT2D eigenvalue weighted by Gasteiger charge is 2.04. The number of aromatic nitrogens is 1.